The third kappa shape index (κ3) is 4.07. The van der Waals surface area contributed by atoms with Crippen LogP contribution in [0.15, 0.2) is 17.5 Å². The quantitative estimate of drug-likeness (QED) is 0.754. The van der Waals surface area contributed by atoms with Crippen molar-refractivity contribution in [3.63, 3.8) is 0 Å². The largest absolute Gasteiger partial charge is 0.342 e. The number of amides is 3. The molecule has 3 fully saturated rings. The van der Waals surface area contributed by atoms with Crippen LogP contribution in [0.2, 0.25) is 0 Å². The van der Waals surface area contributed by atoms with Gasteiger partial charge in [0.2, 0.25) is 11.8 Å². The first-order valence-electron chi connectivity index (χ1n) is 10.3. The third-order valence-electron chi connectivity index (χ3n) is 6.03. The lowest BCUT2D eigenvalue weighted by Gasteiger charge is -2.37. The minimum atomic E-state index is -0.340. The predicted octanol–water partition coefficient (Wildman–Crippen LogP) is 1.12. The number of carbonyl (C=O) groups is 3. The standard InChI is InChI=1S/C20H28N4O3S/c25-18(22-7-1-2-8-22)15-21-10-12-23(13-11-21)19(26)16-5-3-9-24(16)20(27)17-6-4-14-28-17/h4,6,14,16H,1-3,5,7-13,15H2. The van der Waals surface area contributed by atoms with Crippen molar-refractivity contribution in [1.82, 2.24) is 19.6 Å². The van der Waals surface area contributed by atoms with Crippen LogP contribution in [0.4, 0.5) is 0 Å². The molecule has 0 spiro atoms. The first-order valence-corrected chi connectivity index (χ1v) is 11.1. The first kappa shape index (κ1) is 19.4. The van der Waals surface area contributed by atoms with Crippen LogP contribution in [0.1, 0.15) is 35.4 Å². The monoisotopic (exact) mass is 404 g/mol. The summed E-state index contributed by atoms with van der Waals surface area (Å²) in [6.07, 6.45) is 3.83. The van der Waals surface area contributed by atoms with Gasteiger partial charge in [-0.1, -0.05) is 6.07 Å². The Kier molecular flexibility index (Phi) is 5.96. The van der Waals surface area contributed by atoms with Crippen LogP contribution < -0.4 is 0 Å². The van der Waals surface area contributed by atoms with E-state index < -0.39 is 0 Å². The van der Waals surface area contributed by atoms with Crippen molar-refractivity contribution in [2.24, 2.45) is 0 Å². The van der Waals surface area contributed by atoms with Crippen LogP contribution in [0.3, 0.4) is 0 Å². The van der Waals surface area contributed by atoms with Crippen LogP contribution >= 0.6 is 11.3 Å². The Morgan fingerprint density at radius 3 is 2.36 bits per heavy atom. The van der Waals surface area contributed by atoms with E-state index in [1.54, 1.807) is 4.90 Å². The Labute approximate surface area is 169 Å². The molecular formula is C20H28N4O3S. The van der Waals surface area contributed by atoms with Crippen molar-refractivity contribution in [3.8, 4) is 0 Å². The molecule has 3 amide bonds. The van der Waals surface area contributed by atoms with E-state index in [0.29, 0.717) is 31.1 Å². The molecule has 3 aliphatic rings. The van der Waals surface area contributed by atoms with Gasteiger partial charge in [0.05, 0.1) is 11.4 Å². The lowest BCUT2D eigenvalue weighted by atomic mass is 10.1. The number of rotatable bonds is 4. The Balaban J connectivity index is 1.29. The molecular weight excluding hydrogens is 376 g/mol. The summed E-state index contributed by atoms with van der Waals surface area (Å²) in [7, 11) is 0. The molecule has 1 aromatic rings. The highest BCUT2D eigenvalue weighted by Crippen LogP contribution is 2.24. The Morgan fingerprint density at radius 1 is 0.929 bits per heavy atom. The highest BCUT2D eigenvalue weighted by molar-refractivity contribution is 7.12. The molecule has 3 aliphatic heterocycles. The summed E-state index contributed by atoms with van der Waals surface area (Å²) >= 11 is 1.42. The van der Waals surface area contributed by atoms with Crippen LogP contribution in [0, 0.1) is 0 Å². The van der Waals surface area contributed by atoms with Gasteiger partial charge < -0.3 is 14.7 Å². The molecule has 0 N–H and O–H groups in total. The molecule has 4 rings (SSSR count). The number of hydrogen-bond acceptors (Lipinski definition) is 5. The second-order valence-electron chi connectivity index (χ2n) is 7.82. The molecule has 0 bridgehead atoms. The van der Waals surface area contributed by atoms with Crippen LogP contribution in [0.5, 0.6) is 0 Å². The number of nitrogens with zero attached hydrogens (tertiary/aromatic N) is 4. The fourth-order valence-corrected chi connectivity index (χ4v) is 5.08. The highest BCUT2D eigenvalue weighted by atomic mass is 32.1. The number of hydrogen-bond donors (Lipinski definition) is 0. The van der Waals surface area contributed by atoms with Gasteiger partial charge in [-0.3, -0.25) is 19.3 Å². The van der Waals surface area contributed by atoms with E-state index in [0.717, 1.165) is 51.9 Å². The van der Waals surface area contributed by atoms with Crippen molar-refractivity contribution in [1.29, 1.82) is 0 Å². The Morgan fingerprint density at radius 2 is 1.68 bits per heavy atom. The molecule has 1 unspecified atom stereocenters. The maximum atomic E-state index is 13.1. The number of carbonyl (C=O) groups excluding carboxylic acids is 3. The average Bonchev–Trinajstić information content (AvgIpc) is 3.50. The molecule has 1 aromatic heterocycles. The average molecular weight is 405 g/mol. The molecule has 1 atom stereocenters. The second kappa shape index (κ2) is 8.61. The molecule has 28 heavy (non-hydrogen) atoms. The molecule has 4 heterocycles. The van der Waals surface area contributed by atoms with Gasteiger partial charge in [0, 0.05) is 45.8 Å². The fourth-order valence-electron chi connectivity index (χ4n) is 4.40. The van der Waals surface area contributed by atoms with Gasteiger partial charge in [-0.05, 0) is 37.1 Å². The molecule has 8 heteroatoms. The maximum Gasteiger partial charge on any atom is 0.264 e. The number of piperazine rings is 1. The smallest absolute Gasteiger partial charge is 0.264 e. The second-order valence-corrected chi connectivity index (χ2v) is 8.77. The minimum Gasteiger partial charge on any atom is -0.342 e. The van der Waals surface area contributed by atoms with Gasteiger partial charge in [-0.25, -0.2) is 0 Å². The summed E-state index contributed by atoms with van der Waals surface area (Å²) in [6, 6.07) is 3.35. The summed E-state index contributed by atoms with van der Waals surface area (Å²) in [5.41, 5.74) is 0. The molecule has 0 saturated carbocycles. The summed E-state index contributed by atoms with van der Waals surface area (Å²) in [5, 5.41) is 1.89. The van der Waals surface area contributed by atoms with E-state index >= 15 is 0 Å². The van der Waals surface area contributed by atoms with E-state index in [9.17, 15) is 14.4 Å². The van der Waals surface area contributed by atoms with E-state index in [1.165, 1.54) is 11.3 Å². The zero-order valence-electron chi connectivity index (χ0n) is 16.2. The van der Waals surface area contributed by atoms with E-state index in [1.807, 2.05) is 27.3 Å². The fraction of sp³-hybridized carbons (Fsp3) is 0.650. The zero-order chi connectivity index (χ0) is 19.5. The highest BCUT2D eigenvalue weighted by Gasteiger charge is 2.38. The van der Waals surface area contributed by atoms with Gasteiger partial charge in [0.15, 0.2) is 0 Å². The maximum absolute atomic E-state index is 13.1. The van der Waals surface area contributed by atoms with E-state index in [-0.39, 0.29) is 23.8 Å². The van der Waals surface area contributed by atoms with Crippen molar-refractivity contribution < 1.29 is 14.4 Å². The van der Waals surface area contributed by atoms with Gasteiger partial charge in [0.25, 0.3) is 5.91 Å². The first-order chi connectivity index (χ1) is 13.6. The van der Waals surface area contributed by atoms with E-state index in [2.05, 4.69) is 4.90 Å². The molecule has 7 nitrogen and oxygen atoms in total. The summed E-state index contributed by atoms with van der Waals surface area (Å²) < 4.78 is 0. The predicted molar refractivity (Wildman–Crippen MR) is 107 cm³/mol. The van der Waals surface area contributed by atoms with Gasteiger partial charge in [0.1, 0.15) is 6.04 Å². The van der Waals surface area contributed by atoms with Crippen LogP contribution in [-0.2, 0) is 9.59 Å². The molecule has 3 saturated heterocycles. The van der Waals surface area contributed by atoms with Gasteiger partial charge in [-0.15, -0.1) is 11.3 Å². The lowest BCUT2D eigenvalue weighted by molar-refractivity contribution is -0.137. The SMILES string of the molecule is O=C(CN1CCN(C(=O)C2CCCN2C(=O)c2cccs2)CC1)N1CCCC1. The van der Waals surface area contributed by atoms with Crippen LogP contribution in [-0.4, -0.2) is 95.7 Å². The van der Waals surface area contributed by atoms with Crippen molar-refractivity contribution in [3.05, 3.63) is 22.4 Å². The topological polar surface area (TPSA) is 64.2 Å². The minimum absolute atomic E-state index is 0.0271. The summed E-state index contributed by atoms with van der Waals surface area (Å²) in [6.45, 7) is 5.56. The normalized spacial score (nSPS) is 23.4. The third-order valence-corrected chi connectivity index (χ3v) is 6.89. The van der Waals surface area contributed by atoms with Crippen molar-refractivity contribution >= 4 is 29.1 Å². The molecule has 0 aromatic carbocycles. The van der Waals surface area contributed by atoms with Crippen molar-refractivity contribution in [2.45, 2.75) is 31.7 Å². The lowest BCUT2D eigenvalue weighted by Crippen LogP contribution is -2.55. The van der Waals surface area contributed by atoms with Crippen molar-refractivity contribution in [2.75, 3.05) is 52.4 Å². The molecule has 0 aliphatic carbocycles. The van der Waals surface area contributed by atoms with Gasteiger partial charge in [-0.2, -0.15) is 0 Å². The zero-order valence-corrected chi connectivity index (χ0v) is 17.0. The summed E-state index contributed by atoms with van der Waals surface area (Å²) in [5.74, 6) is 0.245. The van der Waals surface area contributed by atoms with Crippen LogP contribution in [0.25, 0.3) is 0 Å². The van der Waals surface area contributed by atoms with E-state index in [4.69, 9.17) is 0 Å². The summed E-state index contributed by atoms with van der Waals surface area (Å²) in [4.78, 5) is 46.5. The Hall–Kier alpha value is -1.93. The molecule has 152 valence electrons. The number of likely N-dealkylation sites (tertiary alicyclic amines) is 2. The Bertz CT molecular complexity index is 709. The molecule has 0 radical (unpaired) electrons. The van der Waals surface area contributed by atoms with Gasteiger partial charge >= 0.3 is 0 Å². The number of thiophene rings is 1.